The summed E-state index contributed by atoms with van der Waals surface area (Å²) in [7, 11) is 0. The number of amides is 2. The number of carbonyl (C=O) groups excluding carboxylic acids is 2. The van der Waals surface area contributed by atoms with Crippen molar-refractivity contribution in [2.75, 3.05) is 0 Å². The number of fused-ring (bicyclic) bond motifs is 1. The van der Waals surface area contributed by atoms with Crippen LogP contribution >= 0.6 is 0 Å². The van der Waals surface area contributed by atoms with Crippen molar-refractivity contribution in [3.05, 3.63) is 78.0 Å². The molecule has 5 heteroatoms. The highest BCUT2D eigenvalue weighted by molar-refractivity contribution is 5.99. The molecule has 3 rings (SSSR count). The predicted octanol–water partition coefficient (Wildman–Crippen LogP) is 3.82. The lowest BCUT2D eigenvalue weighted by Gasteiger charge is -2.35. The molecule has 0 atom stereocenters. The molecule has 0 saturated heterocycles. The van der Waals surface area contributed by atoms with E-state index in [0.717, 1.165) is 10.9 Å². The molecular formula is C21H21N3O2. The van der Waals surface area contributed by atoms with Crippen molar-refractivity contribution in [1.82, 2.24) is 15.4 Å². The minimum atomic E-state index is -0.616. The smallest absolute Gasteiger partial charge is 0.267 e. The van der Waals surface area contributed by atoms with E-state index in [2.05, 4.69) is 10.4 Å². The Kier molecular flexibility index (Phi) is 4.71. The van der Waals surface area contributed by atoms with Crippen molar-refractivity contribution < 1.29 is 9.59 Å². The maximum absolute atomic E-state index is 13.1. The number of carbonyl (C=O) groups is 2. The fourth-order valence-corrected chi connectivity index (χ4v) is 2.58. The van der Waals surface area contributed by atoms with Crippen molar-refractivity contribution in [3.63, 3.8) is 0 Å². The van der Waals surface area contributed by atoms with Crippen molar-refractivity contribution in [1.29, 1.82) is 0 Å². The Morgan fingerprint density at radius 3 is 2.23 bits per heavy atom. The summed E-state index contributed by atoms with van der Waals surface area (Å²) in [6, 6.07) is 19.9. The number of rotatable bonds is 2. The van der Waals surface area contributed by atoms with Crippen LogP contribution in [0.25, 0.3) is 10.9 Å². The minimum absolute atomic E-state index is 0.284. The Morgan fingerprint density at radius 1 is 0.885 bits per heavy atom. The first-order valence-electron chi connectivity index (χ1n) is 8.42. The Balaban J connectivity index is 1.91. The van der Waals surface area contributed by atoms with E-state index in [9.17, 15) is 9.59 Å². The fourth-order valence-electron chi connectivity index (χ4n) is 2.58. The average molecular weight is 347 g/mol. The predicted molar refractivity (Wildman–Crippen MR) is 102 cm³/mol. The lowest BCUT2D eigenvalue weighted by atomic mass is 10.1. The molecule has 0 aliphatic carbocycles. The molecule has 0 aliphatic heterocycles. The normalized spacial score (nSPS) is 11.2. The number of nitrogens with zero attached hydrogens (tertiary/aromatic N) is 2. The molecule has 1 N–H and O–H groups in total. The highest BCUT2D eigenvalue weighted by Gasteiger charge is 2.30. The van der Waals surface area contributed by atoms with Crippen LogP contribution in [0, 0.1) is 0 Å². The number of pyridine rings is 1. The summed E-state index contributed by atoms with van der Waals surface area (Å²) in [5, 5.41) is 2.29. The molecule has 2 aromatic carbocycles. The standard InChI is InChI=1S/C21H21N3O2/c1-21(2,3)24(23-19(25)16-10-5-4-6-11-16)20(26)18-14-13-15-9-7-8-12-17(15)22-18/h4-14H,1-3H3,(H,23,25). The van der Waals surface area contributed by atoms with E-state index in [0.29, 0.717) is 5.56 Å². The minimum Gasteiger partial charge on any atom is -0.267 e. The van der Waals surface area contributed by atoms with Crippen LogP contribution < -0.4 is 5.43 Å². The van der Waals surface area contributed by atoms with Gasteiger partial charge in [0.1, 0.15) is 5.69 Å². The van der Waals surface area contributed by atoms with Crippen LogP contribution in [0.4, 0.5) is 0 Å². The molecule has 26 heavy (non-hydrogen) atoms. The first-order chi connectivity index (χ1) is 12.4. The van der Waals surface area contributed by atoms with Crippen molar-refractivity contribution >= 4 is 22.7 Å². The second kappa shape index (κ2) is 6.96. The van der Waals surface area contributed by atoms with Crippen LogP contribution in [0.3, 0.4) is 0 Å². The van der Waals surface area contributed by atoms with Crippen LogP contribution in [0.1, 0.15) is 41.6 Å². The van der Waals surface area contributed by atoms with Crippen molar-refractivity contribution in [3.8, 4) is 0 Å². The summed E-state index contributed by atoms with van der Waals surface area (Å²) in [5.74, 6) is -0.692. The third-order valence-corrected chi connectivity index (χ3v) is 3.94. The topological polar surface area (TPSA) is 62.3 Å². The zero-order valence-corrected chi connectivity index (χ0v) is 15.1. The molecule has 0 radical (unpaired) electrons. The quantitative estimate of drug-likeness (QED) is 0.717. The Hall–Kier alpha value is -3.21. The molecular weight excluding hydrogens is 326 g/mol. The highest BCUT2D eigenvalue weighted by atomic mass is 16.2. The summed E-state index contributed by atoms with van der Waals surface area (Å²) < 4.78 is 0. The zero-order chi connectivity index (χ0) is 18.7. The molecule has 3 aromatic rings. The van der Waals surface area contributed by atoms with E-state index in [-0.39, 0.29) is 17.5 Å². The van der Waals surface area contributed by atoms with Gasteiger partial charge in [-0.1, -0.05) is 42.5 Å². The van der Waals surface area contributed by atoms with E-state index in [4.69, 9.17) is 0 Å². The van der Waals surface area contributed by atoms with Gasteiger partial charge in [-0.25, -0.2) is 9.99 Å². The lowest BCUT2D eigenvalue weighted by molar-refractivity contribution is 0.0354. The third-order valence-electron chi connectivity index (χ3n) is 3.94. The fraction of sp³-hybridized carbons (Fsp3) is 0.190. The van der Waals surface area contributed by atoms with Crippen LogP contribution in [0.2, 0.25) is 0 Å². The largest absolute Gasteiger partial charge is 0.291 e. The molecule has 0 unspecified atom stereocenters. The monoisotopic (exact) mass is 347 g/mol. The maximum atomic E-state index is 13.1. The lowest BCUT2D eigenvalue weighted by Crippen LogP contribution is -2.56. The van der Waals surface area contributed by atoms with Gasteiger partial charge in [0.2, 0.25) is 0 Å². The van der Waals surface area contributed by atoms with E-state index in [1.807, 2.05) is 57.2 Å². The zero-order valence-electron chi connectivity index (χ0n) is 15.1. The van der Waals surface area contributed by atoms with Crippen LogP contribution in [0.15, 0.2) is 66.7 Å². The third kappa shape index (κ3) is 3.72. The summed E-state index contributed by atoms with van der Waals surface area (Å²) >= 11 is 0. The number of hydrogen-bond acceptors (Lipinski definition) is 3. The van der Waals surface area contributed by atoms with Crippen molar-refractivity contribution in [2.45, 2.75) is 26.3 Å². The van der Waals surface area contributed by atoms with E-state index >= 15 is 0 Å². The molecule has 1 aromatic heterocycles. The Morgan fingerprint density at radius 2 is 1.54 bits per heavy atom. The summed E-state index contributed by atoms with van der Waals surface area (Å²) in [4.78, 5) is 30.0. The van der Waals surface area contributed by atoms with E-state index < -0.39 is 5.54 Å². The number of hydrazine groups is 1. The van der Waals surface area contributed by atoms with Crippen LogP contribution in [-0.4, -0.2) is 27.3 Å². The molecule has 2 amide bonds. The maximum Gasteiger partial charge on any atom is 0.291 e. The molecule has 0 spiro atoms. The summed E-state index contributed by atoms with van der Waals surface area (Å²) in [6.45, 7) is 5.58. The first-order valence-corrected chi connectivity index (χ1v) is 8.42. The van der Waals surface area contributed by atoms with Gasteiger partial charge in [-0.3, -0.25) is 15.0 Å². The van der Waals surface area contributed by atoms with Gasteiger partial charge in [-0.15, -0.1) is 0 Å². The van der Waals surface area contributed by atoms with Gasteiger partial charge < -0.3 is 0 Å². The molecule has 0 fully saturated rings. The number of para-hydroxylation sites is 1. The molecule has 1 heterocycles. The average Bonchev–Trinajstić information content (AvgIpc) is 2.64. The SMILES string of the molecule is CC(C)(C)N(NC(=O)c1ccccc1)C(=O)c1ccc2ccccc2n1. The van der Waals surface area contributed by atoms with Gasteiger partial charge in [0, 0.05) is 10.9 Å². The number of aromatic nitrogens is 1. The first kappa shape index (κ1) is 17.6. The molecule has 5 nitrogen and oxygen atoms in total. The number of nitrogens with one attached hydrogen (secondary N) is 1. The second-order valence-corrected chi connectivity index (χ2v) is 7.01. The van der Waals surface area contributed by atoms with Gasteiger partial charge in [0.25, 0.3) is 11.8 Å². The Bertz CT molecular complexity index is 946. The van der Waals surface area contributed by atoms with Gasteiger partial charge in [0.15, 0.2) is 0 Å². The Labute approximate surface area is 152 Å². The van der Waals surface area contributed by atoms with Gasteiger partial charge in [-0.05, 0) is 45.0 Å². The van der Waals surface area contributed by atoms with Gasteiger partial charge in [0.05, 0.1) is 11.1 Å². The van der Waals surface area contributed by atoms with Crippen LogP contribution in [0.5, 0.6) is 0 Å². The van der Waals surface area contributed by atoms with E-state index in [1.54, 1.807) is 30.3 Å². The number of benzene rings is 2. The summed E-state index contributed by atoms with van der Waals surface area (Å²) in [6.07, 6.45) is 0. The number of hydrogen-bond donors (Lipinski definition) is 1. The molecule has 0 saturated carbocycles. The van der Waals surface area contributed by atoms with Gasteiger partial charge in [-0.2, -0.15) is 0 Å². The van der Waals surface area contributed by atoms with E-state index in [1.165, 1.54) is 5.01 Å². The molecule has 0 bridgehead atoms. The summed E-state index contributed by atoms with van der Waals surface area (Å²) in [5.41, 5.74) is 3.62. The van der Waals surface area contributed by atoms with Crippen LogP contribution in [-0.2, 0) is 0 Å². The molecule has 132 valence electrons. The second-order valence-electron chi connectivity index (χ2n) is 7.01. The molecule has 0 aliphatic rings. The van der Waals surface area contributed by atoms with Crippen molar-refractivity contribution in [2.24, 2.45) is 0 Å². The van der Waals surface area contributed by atoms with Gasteiger partial charge >= 0.3 is 0 Å². The highest BCUT2D eigenvalue weighted by Crippen LogP contribution is 2.17.